The lowest BCUT2D eigenvalue weighted by atomic mass is 9.95. The van der Waals surface area contributed by atoms with Crippen LogP contribution in [0.1, 0.15) is 0 Å². The van der Waals surface area contributed by atoms with Gasteiger partial charge in [0.25, 0.3) is 0 Å². The molecule has 2 heterocycles. The zero-order valence-electron chi connectivity index (χ0n) is 9.99. The molecule has 0 bridgehead atoms. The quantitative estimate of drug-likeness (QED) is 0.487. The number of halogens is 1. The Morgan fingerprint density at radius 2 is 2.47 bits per heavy atom. The first kappa shape index (κ1) is 14.0. The molecule has 1 fully saturated rings. The summed E-state index contributed by atoms with van der Waals surface area (Å²) >= 11 is 6.29. The number of hydrogen-bond acceptors (Lipinski definition) is 6. The second-order valence-electron chi connectivity index (χ2n) is 4.33. The third-order valence-electron chi connectivity index (χ3n) is 3.24. The minimum Gasteiger partial charge on any atom is -0.393 e. The monoisotopic (exact) mass is 287 g/mol. The lowest BCUT2D eigenvalue weighted by molar-refractivity contribution is -0.0577. The van der Waals surface area contributed by atoms with Crippen LogP contribution < -0.4 is 11.4 Å². The van der Waals surface area contributed by atoms with Crippen LogP contribution in [0.5, 0.6) is 0 Å². The van der Waals surface area contributed by atoms with Gasteiger partial charge >= 0.3 is 5.69 Å². The van der Waals surface area contributed by atoms with E-state index in [1.807, 2.05) is 0 Å². The van der Waals surface area contributed by atoms with Crippen LogP contribution >= 0.6 is 11.6 Å². The van der Waals surface area contributed by atoms with Gasteiger partial charge < -0.3 is 20.7 Å². The maximum Gasteiger partial charge on any atom is 0.351 e. The number of nitrogens with two attached hydrogens (primary N) is 1. The molecule has 1 aliphatic heterocycles. The fourth-order valence-electron chi connectivity index (χ4n) is 2.04. The van der Waals surface area contributed by atoms with Gasteiger partial charge in [-0.3, -0.25) is 4.57 Å². The molecular weight excluding hydrogens is 274 g/mol. The second kappa shape index (κ2) is 4.61. The van der Waals surface area contributed by atoms with Crippen LogP contribution in [0.15, 0.2) is 29.7 Å². The van der Waals surface area contributed by atoms with Crippen molar-refractivity contribution in [2.75, 3.05) is 18.9 Å². The predicted octanol–water partition coefficient (Wildman–Crippen LogP) is -0.975. The normalized spacial score (nSPS) is 34.4. The molecule has 0 unspecified atom stereocenters. The first-order valence-electron chi connectivity index (χ1n) is 5.51. The molecule has 3 atom stereocenters. The molecule has 0 radical (unpaired) electrons. The number of alkyl halides is 1. The van der Waals surface area contributed by atoms with Gasteiger partial charge in [0, 0.05) is 6.20 Å². The van der Waals surface area contributed by atoms with Crippen LogP contribution in [0.2, 0.25) is 0 Å². The fourth-order valence-corrected chi connectivity index (χ4v) is 2.40. The number of aromatic nitrogens is 2. The van der Waals surface area contributed by atoms with E-state index in [1.165, 1.54) is 18.3 Å². The van der Waals surface area contributed by atoms with Crippen molar-refractivity contribution in [1.82, 2.24) is 9.55 Å². The average molecular weight is 288 g/mol. The third-order valence-corrected chi connectivity index (χ3v) is 3.74. The summed E-state index contributed by atoms with van der Waals surface area (Å²) in [5, 5.41) is 19.6. The largest absolute Gasteiger partial charge is 0.393 e. The van der Waals surface area contributed by atoms with E-state index < -0.39 is 29.0 Å². The van der Waals surface area contributed by atoms with Crippen molar-refractivity contribution in [2.24, 2.45) is 0 Å². The fraction of sp³-hybridized carbons (Fsp3) is 0.455. The molecular formula is C11H14ClN3O4. The molecule has 1 saturated heterocycles. The predicted molar refractivity (Wildman–Crippen MR) is 68.7 cm³/mol. The molecule has 1 aliphatic rings. The molecule has 7 nitrogen and oxygen atoms in total. The van der Waals surface area contributed by atoms with E-state index in [1.54, 1.807) is 0 Å². The highest BCUT2D eigenvalue weighted by Crippen LogP contribution is 2.41. The van der Waals surface area contributed by atoms with Crippen molar-refractivity contribution >= 4 is 17.4 Å². The molecule has 0 saturated carbocycles. The number of rotatable bonds is 3. The maximum atomic E-state index is 11.8. The maximum absolute atomic E-state index is 11.8. The van der Waals surface area contributed by atoms with Gasteiger partial charge in [-0.05, 0) is 6.07 Å². The van der Waals surface area contributed by atoms with Gasteiger partial charge in [-0.2, -0.15) is 4.98 Å². The van der Waals surface area contributed by atoms with Crippen molar-refractivity contribution in [2.45, 2.75) is 16.7 Å². The number of hydrogen-bond donors (Lipinski definition) is 3. The van der Waals surface area contributed by atoms with Gasteiger partial charge in [0.1, 0.15) is 17.5 Å². The highest BCUT2D eigenvalue weighted by Gasteiger charge is 2.57. The summed E-state index contributed by atoms with van der Waals surface area (Å²) in [5.74, 6) is 0.0482. The first-order chi connectivity index (χ1) is 8.89. The highest BCUT2D eigenvalue weighted by molar-refractivity contribution is 6.23. The lowest BCUT2D eigenvalue weighted by Crippen LogP contribution is -2.52. The van der Waals surface area contributed by atoms with Crippen molar-refractivity contribution in [3.63, 3.8) is 0 Å². The topological polar surface area (TPSA) is 111 Å². The van der Waals surface area contributed by atoms with Crippen LogP contribution in [0.3, 0.4) is 0 Å². The Morgan fingerprint density at radius 3 is 2.95 bits per heavy atom. The average Bonchev–Trinajstić information content (AvgIpc) is 2.64. The second-order valence-corrected chi connectivity index (χ2v) is 4.99. The van der Waals surface area contributed by atoms with Crippen LogP contribution in [0, 0.1) is 0 Å². The van der Waals surface area contributed by atoms with Gasteiger partial charge in [0.05, 0.1) is 13.2 Å². The summed E-state index contributed by atoms with van der Waals surface area (Å²) in [6.07, 6.45) is 1.21. The Morgan fingerprint density at radius 1 is 1.79 bits per heavy atom. The zero-order valence-corrected chi connectivity index (χ0v) is 10.7. The van der Waals surface area contributed by atoms with E-state index in [2.05, 4.69) is 11.6 Å². The van der Waals surface area contributed by atoms with Crippen molar-refractivity contribution in [1.29, 1.82) is 0 Å². The number of aliphatic hydroxyl groups excluding tert-OH is 2. The van der Waals surface area contributed by atoms with Crippen LogP contribution in [0.4, 0.5) is 5.82 Å². The Labute approximate surface area is 113 Å². The summed E-state index contributed by atoms with van der Waals surface area (Å²) in [6.45, 7) is 2.81. The number of ether oxygens (including phenoxy) is 1. The molecule has 8 heteroatoms. The smallest absolute Gasteiger partial charge is 0.351 e. The van der Waals surface area contributed by atoms with Crippen molar-refractivity contribution < 1.29 is 14.9 Å². The number of nitrogens with zero attached hydrogens (tertiary/aromatic N) is 2. The first-order valence-corrected chi connectivity index (χ1v) is 5.88. The Hall–Kier alpha value is -1.41. The zero-order chi connectivity index (χ0) is 14.3. The van der Waals surface area contributed by atoms with Gasteiger partial charge in [-0.1, -0.05) is 17.7 Å². The van der Waals surface area contributed by atoms with E-state index >= 15 is 0 Å². The van der Waals surface area contributed by atoms with E-state index in [-0.39, 0.29) is 12.4 Å². The van der Waals surface area contributed by atoms with E-state index in [9.17, 15) is 15.0 Å². The third kappa shape index (κ3) is 1.95. The van der Waals surface area contributed by atoms with E-state index in [0.717, 1.165) is 4.57 Å². The Kier molecular flexibility index (Phi) is 3.40. The molecule has 0 aromatic carbocycles. The van der Waals surface area contributed by atoms with Crippen molar-refractivity contribution in [3.8, 4) is 0 Å². The molecule has 4 N–H and O–H groups in total. The van der Waals surface area contributed by atoms with Crippen LogP contribution in [-0.2, 0) is 9.73 Å². The van der Waals surface area contributed by atoms with Crippen LogP contribution in [0.25, 0.3) is 0 Å². The Balaban J connectivity index is 2.50. The number of aliphatic hydroxyl groups is 2. The SMILES string of the molecule is C=C[C@]1(CO)OC[C@@](Cl)(n2ccc(N)nc2=O)[C@@H]1O. The molecule has 19 heavy (non-hydrogen) atoms. The minimum atomic E-state index is -1.57. The number of nitrogen functional groups attached to an aromatic ring is 1. The van der Waals surface area contributed by atoms with Gasteiger partial charge in [-0.15, -0.1) is 6.58 Å². The molecule has 1 aromatic rings. The summed E-state index contributed by atoms with van der Waals surface area (Å²) in [4.78, 5) is 13.8. The standard InChI is InChI=1S/C11H14ClN3O4/c1-2-10(5-16)8(17)11(12,6-19-10)15-4-3-7(13)14-9(15)18/h2-4,8,16-17H,1,5-6H2,(H2,13,14,18)/t8-,10-,11-/m1/s1. The molecule has 0 amide bonds. The van der Waals surface area contributed by atoms with E-state index in [0.29, 0.717) is 0 Å². The Bertz CT molecular complexity index is 563. The molecule has 1 aromatic heterocycles. The van der Waals surface area contributed by atoms with E-state index in [4.69, 9.17) is 22.1 Å². The summed E-state index contributed by atoms with van der Waals surface area (Å²) < 4.78 is 6.36. The summed E-state index contributed by atoms with van der Waals surface area (Å²) in [7, 11) is 0. The number of anilines is 1. The van der Waals surface area contributed by atoms with Crippen molar-refractivity contribution in [3.05, 3.63) is 35.4 Å². The molecule has 2 rings (SSSR count). The lowest BCUT2D eigenvalue weighted by Gasteiger charge is -2.31. The molecule has 104 valence electrons. The molecule has 0 spiro atoms. The van der Waals surface area contributed by atoms with Gasteiger partial charge in [0.15, 0.2) is 5.00 Å². The highest BCUT2D eigenvalue weighted by atomic mass is 35.5. The summed E-state index contributed by atoms with van der Waals surface area (Å²) in [5.41, 5.74) is 3.27. The summed E-state index contributed by atoms with van der Waals surface area (Å²) in [6, 6.07) is 1.38. The van der Waals surface area contributed by atoms with Gasteiger partial charge in [-0.25, -0.2) is 4.79 Å². The van der Waals surface area contributed by atoms with Crippen LogP contribution in [-0.4, -0.2) is 44.7 Å². The minimum absolute atomic E-state index is 0.0482. The van der Waals surface area contributed by atoms with Gasteiger partial charge in [0.2, 0.25) is 0 Å². The molecule has 0 aliphatic carbocycles.